The van der Waals surface area contributed by atoms with Crippen LogP contribution in [0.2, 0.25) is 0 Å². The molecule has 6 N–H and O–H groups in total. The average Bonchev–Trinajstić information content (AvgIpc) is 2.64. The van der Waals surface area contributed by atoms with Crippen LogP contribution >= 0.6 is 8.53 Å². The number of nitrogens with one attached hydrogen (secondary N) is 1. The summed E-state index contributed by atoms with van der Waals surface area (Å²) in [5, 5.41) is 19.7. The van der Waals surface area contributed by atoms with E-state index in [1.165, 1.54) is 0 Å². The van der Waals surface area contributed by atoms with Gasteiger partial charge in [-0.3, -0.25) is 19.8 Å². The first kappa shape index (κ1) is 15.3. The van der Waals surface area contributed by atoms with Gasteiger partial charge in [-0.05, 0) is 0 Å². The summed E-state index contributed by atoms with van der Waals surface area (Å²) in [6, 6.07) is 1.08. The van der Waals surface area contributed by atoms with Gasteiger partial charge in [0, 0.05) is 12.3 Å². The first-order valence-corrected chi connectivity index (χ1v) is 6.88. The average molecular weight is 307 g/mol. The Labute approximate surface area is 113 Å². The molecule has 1 aliphatic heterocycles. The topological polar surface area (TPSA) is 160 Å². The van der Waals surface area contributed by atoms with Gasteiger partial charge in [0.1, 0.15) is 18.3 Å². The van der Waals surface area contributed by atoms with Crippen LogP contribution in [0.25, 0.3) is 0 Å². The van der Waals surface area contributed by atoms with Crippen LogP contribution in [0.15, 0.2) is 21.9 Å². The minimum atomic E-state index is -2.12. The summed E-state index contributed by atoms with van der Waals surface area (Å²) in [5.41, 5.74) is 3.67. The van der Waals surface area contributed by atoms with Gasteiger partial charge in [-0.15, -0.1) is 0 Å². The normalized spacial score (nSPS) is 31.4. The number of aromatic amines is 1. The third-order valence-electron chi connectivity index (χ3n) is 2.83. The van der Waals surface area contributed by atoms with Crippen LogP contribution in [0.3, 0.4) is 0 Å². The fourth-order valence-electron chi connectivity index (χ4n) is 1.87. The van der Waals surface area contributed by atoms with Crippen LogP contribution in [0, 0.1) is 0 Å². The summed E-state index contributed by atoms with van der Waals surface area (Å²) >= 11 is 0. The van der Waals surface area contributed by atoms with E-state index in [0.717, 1.165) is 16.8 Å². The molecule has 0 aliphatic carbocycles. The standard InChI is InChI=1S/C9H14N3O7P/c10-20(17)18-3-4-6(14)7(15)8(19-4)12-2-1-5(13)11-9(12)16/h1-2,4,6-8,14-15,17H,3,10H2,(H,11,13,16)/t4-,6-,7-,8-,20?/m1/s1. The van der Waals surface area contributed by atoms with E-state index in [4.69, 9.17) is 19.7 Å². The van der Waals surface area contributed by atoms with Crippen molar-refractivity contribution in [1.29, 1.82) is 0 Å². The number of ether oxygens (including phenoxy) is 1. The van der Waals surface area contributed by atoms with E-state index < -0.39 is 44.3 Å². The molecule has 20 heavy (non-hydrogen) atoms. The summed E-state index contributed by atoms with van der Waals surface area (Å²) in [6.07, 6.45) is -3.71. The van der Waals surface area contributed by atoms with E-state index in [1.54, 1.807) is 0 Å². The number of nitrogens with zero attached hydrogens (tertiary/aromatic N) is 1. The smallest absolute Gasteiger partial charge is 0.330 e. The molecule has 1 aliphatic rings. The Kier molecular flexibility index (Phi) is 4.66. The molecule has 0 radical (unpaired) electrons. The van der Waals surface area contributed by atoms with Gasteiger partial charge in [0.25, 0.3) is 5.56 Å². The highest BCUT2D eigenvalue weighted by Crippen LogP contribution is 2.30. The van der Waals surface area contributed by atoms with Crippen molar-refractivity contribution in [2.24, 2.45) is 5.50 Å². The van der Waals surface area contributed by atoms with Crippen molar-refractivity contribution in [1.82, 2.24) is 9.55 Å². The lowest BCUT2D eigenvalue weighted by atomic mass is 10.1. The van der Waals surface area contributed by atoms with Crippen molar-refractivity contribution in [2.75, 3.05) is 6.61 Å². The van der Waals surface area contributed by atoms with Crippen molar-refractivity contribution < 1.29 is 24.4 Å². The Balaban J connectivity index is 2.17. The Bertz CT molecular complexity index is 573. The number of nitrogens with two attached hydrogens (primary N) is 1. The molecule has 0 aromatic carbocycles. The van der Waals surface area contributed by atoms with Gasteiger partial charge < -0.3 is 24.4 Å². The van der Waals surface area contributed by atoms with Crippen LogP contribution < -0.4 is 16.8 Å². The maximum absolute atomic E-state index is 11.6. The lowest BCUT2D eigenvalue weighted by Crippen LogP contribution is -2.37. The Hall–Kier alpha value is -1.13. The minimum absolute atomic E-state index is 0.245. The predicted octanol–water partition coefficient (Wildman–Crippen LogP) is -2.65. The molecule has 2 rings (SSSR count). The second-order valence-electron chi connectivity index (χ2n) is 4.16. The highest BCUT2D eigenvalue weighted by Gasteiger charge is 2.44. The molecule has 1 aromatic heterocycles. The maximum Gasteiger partial charge on any atom is 0.330 e. The van der Waals surface area contributed by atoms with Crippen LogP contribution in [0.4, 0.5) is 0 Å². The van der Waals surface area contributed by atoms with Crippen molar-refractivity contribution in [3.8, 4) is 0 Å². The van der Waals surface area contributed by atoms with Gasteiger partial charge in [0.2, 0.25) is 8.53 Å². The van der Waals surface area contributed by atoms with Crippen molar-refractivity contribution in [3.63, 3.8) is 0 Å². The third-order valence-corrected chi connectivity index (χ3v) is 3.25. The van der Waals surface area contributed by atoms with Crippen LogP contribution in [-0.4, -0.2) is 49.6 Å². The molecular formula is C9H14N3O7P. The van der Waals surface area contributed by atoms with Crippen molar-refractivity contribution in [2.45, 2.75) is 24.5 Å². The summed E-state index contributed by atoms with van der Waals surface area (Å²) in [6.45, 7) is -0.245. The van der Waals surface area contributed by atoms with E-state index in [-0.39, 0.29) is 6.61 Å². The number of aliphatic hydroxyl groups is 2. The summed E-state index contributed by atoms with van der Waals surface area (Å²) in [7, 11) is -2.12. The fraction of sp³-hybridized carbons (Fsp3) is 0.556. The molecule has 1 saturated heterocycles. The highest BCUT2D eigenvalue weighted by molar-refractivity contribution is 7.43. The first-order valence-electron chi connectivity index (χ1n) is 5.60. The monoisotopic (exact) mass is 307 g/mol. The van der Waals surface area contributed by atoms with Crippen LogP contribution in [0.5, 0.6) is 0 Å². The molecule has 1 aromatic rings. The predicted molar refractivity (Wildman–Crippen MR) is 66.5 cm³/mol. The summed E-state index contributed by atoms with van der Waals surface area (Å²) in [5.74, 6) is 0. The molecule has 10 nitrogen and oxygen atoms in total. The van der Waals surface area contributed by atoms with Gasteiger partial charge in [0.05, 0.1) is 6.61 Å². The van der Waals surface area contributed by atoms with Gasteiger partial charge in [0.15, 0.2) is 6.23 Å². The third kappa shape index (κ3) is 3.13. The molecule has 11 heteroatoms. The molecule has 2 heterocycles. The van der Waals surface area contributed by atoms with Gasteiger partial charge >= 0.3 is 5.69 Å². The minimum Gasteiger partial charge on any atom is -0.387 e. The molecule has 1 unspecified atom stereocenters. The first-order chi connectivity index (χ1) is 9.40. The zero-order valence-corrected chi connectivity index (χ0v) is 11.0. The Morgan fingerprint density at radius 3 is 2.75 bits per heavy atom. The lowest BCUT2D eigenvalue weighted by molar-refractivity contribution is -0.0514. The van der Waals surface area contributed by atoms with E-state index >= 15 is 0 Å². The summed E-state index contributed by atoms with van der Waals surface area (Å²) in [4.78, 5) is 33.4. The molecule has 0 bridgehead atoms. The van der Waals surface area contributed by atoms with Gasteiger partial charge in [-0.2, -0.15) is 0 Å². The zero-order chi connectivity index (χ0) is 14.9. The number of hydrogen-bond donors (Lipinski definition) is 5. The molecule has 0 spiro atoms. The molecule has 1 fully saturated rings. The van der Waals surface area contributed by atoms with Gasteiger partial charge in [-0.25, -0.2) is 4.79 Å². The Morgan fingerprint density at radius 1 is 1.45 bits per heavy atom. The quantitative estimate of drug-likeness (QED) is 0.377. The molecule has 0 amide bonds. The Morgan fingerprint density at radius 2 is 2.15 bits per heavy atom. The molecule has 112 valence electrons. The zero-order valence-electron chi connectivity index (χ0n) is 10.1. The maximum atomic E-state index is 11.6. The van der Waals surface area contributed by atoms with Crippen LogP contribution in [-0.2, 0) is 9.26 Å². The largest absolute Gasteiger partial charge is 0.387 e. The molecule has 0 saturated carbocycles. The van der Waals surface area contributed by atoms with Gasteiger partial charge in [-0.1, -0.05) is 0 Å². The lowest BCUT2D eigenvalue weighted by Gasteiger charge is -2.16. The van der Waals surface area contributed by atoms with Crippen molar-refractivity contribution in [3.05, 3.63) is 33.1 Å². The number of hydrogen-bond acceptors (Lipinski definition) is 8. The second-order valence-corrected chi connectivity index (χ2v) is 5.03. The number of rotatable bonds is 4. The van der Waals surface area contributed by atoms with E-state index in [9.17, 15) is 19.8 Å². The van der Waals surface area contributed by atoms with Crippen LogP contribution in [0.1, 0.15) is 6.23 Å². The number of H-pyrrole nitrogens is 1. The van der Waals surface area contributed by atoms with Crippen molar-refractivity contribution >= 4 is 8.53 Å². The number of aliphatic hydroxyl groups excluding tert-OH is 2. The van der Waals surface area contributed by atoms with E-state index in [1.807, 2.05) is 4.98 Å². The SMILES string of the molecule is NP(O)OC[C@H]1O[C@@H](n2ccc(=O)[nH]c2=O)[C@H](O)[C@@H]1O. The fourth-order valence-corrected chi connectivity index (χ4v) is 2.17. The second kappa shape index (κ2) is 6.10. The van der Waals surface area contributed by atoms with E-state index in [0.29, 0.717) is 0 Å². The molecule has 5 atom stereocenters. The number of aromatic nitrogens is 2. The van der Waals surface area contributed by atoms with E-state index in [2.05, 4.69) is 0 Å². The molecular weight excluding hydrogens is 293 g/mol. The highest BCUT2D eigenvalue weighted by atomic mass is 31.2. The summed E-state index contributed by atoms with van der Waals surface area (Å²) < 4.78 is 11.0.